The van der Waals surface area contributed by atoms with Gasteiger partial charge in [-0.15, -0.1) is 0 Å². The first-order chi connectivity index (χ1) is 7.79. The van der Waals surface area contributed by atoms with Crippen LogP contribution in [0.3, 0.4) is 0 Å². The van der Waals surface area contributed by atoms with Crippen molar-refractivity contribution in [1.29, 1.82) is 0 Å². The zero-order valence-electron chi connectivity index (χ0n) is 10.5. The van der Waals surface area contributed by atoms with Crippen molar-refractivity contribution in [1.82, 2.24) is 5.32 Å². The molecule has 1 rings (SSSR count). The van der Waals surface area contributed by atoms with Crippen molar-refractivity contribution in [3.05, 3.63) is 0 Å². The molecule has 0 radical (unpaired) electrons. The number of hydrogen-bond donors (Lipinski definition) is 2. The summed E-state index contributed by atoms with van der Waals surface area (Å²) in [6.45, 7) is 5.90. The molecule has 0 unspecified atom stereocenters. The van der Waals surface area contributed by atoms with Crippen LogP contribution >= 0.6 is 0 Å². The smallest absolute Gasteiger partial charge is 0.428 e. The molecule has 1 fully saturated rings. The number of carbonyl (C=O) groups excluding carboxylic acids is 2. The summed E-state index contributed by atoms with van der Waals surface area (Å²) in [6, 6.07) is 0. The number of ether oxygens (including phenoxy) is 2. The van der Waals surface area contributed by atoms with Gasteiger partial charge >= 0.3 is 12.1 Å². The standard InChI is InChI=1S/C11H20N2O4/c1-10(2,3)17-9(15)16-8(14)11(7-12)5-4-6-13-11/h13H,4-7,12H2,1-3H3/t11-/m1/s1. The van der Waals surface area contributed by atoms with Crippen LogP contribution in [0.2, 0.25) is 0 Å². The normalized spacial score (nSPS) is 24.5. The van der Waals surface area contributed by atoms with Crippen molar-refractivity contribution in [2.45, 2.75) is 44.8 Å². The van der Waals surface area contributed by atoms with E-state index >= 15 is 0 Å². The lowest BCUT2D eigenvalue weighted by Crippen LogP contribution is -2.54. The molecule has 6 nitrogen and oxygen atoms in total. The molecule has 17 heavy (non-hydrogen) atoms. The first-order valence-corrected chi connectivity index (χ1v) is 5.69. The summed E-state index contributed by atoms with van der Waals surface area (Å²) in [6.07, 6.45) is 0.426. The fraction of sp³-hybridized carbons (Fsp3) is 0.818. The molecule has 6 heteroatoms. The van der Waals surface area contributed by atoms with E-state index in [0.717, 1.165) is 6.42 Å². The summed E-state index contributed by atoms with van der Waals surface area (Å²) in [5.41, 5.74) is 3.94. The highest BCUT2D eigenvalue weighted by molar-refractivity contribution is 5.89. The van der Waals surface area contributed by atoms with E-state index in [0.29, 0.717) is 13.0 Å². The number of carbonyl (C=O) groups is 2. The van der Waals surface area contributed by atoms with E-state index in [1.807, 2.05) is 0 Å². The van der Waals surface area contributed by atoms with Crippen LogP contribution in [0.5, 0.6) is 0 Å². The maximum atomic E-state index is 11.8. The van der Waals surface area contributed by atoms with Crippen molar-refractivity contribution < 1.29 is 19.1 Å². The van der Waals surface area contributed by atoms with Gasteiger partial charge in [-0.05, 0) is 40.2 Å². The van der Waals surface area contributed by atoms with E-state index < -0.39 is 23.3 Å². The molecule has 1 aliphatic rings. The van der Waals surface area contributed by atoms with Crippen LogP contribution in [0.4, 0.5) is 4.79 Å². The number of hydrogen-bond acceptors (Lipinski definition) is 6. The van der Waals surface area contributed by atoms with Crippen LogP contribution in [-0.4, -0.2) is 36.4 Å². The third kappa shape index (κ3) is 3.67. The minimum absolute atomic E-state index is 0.106. The van der Waals surface area contributed by atoms with E-state index in [4.69, 9.17) is 10.5 Å². The van der Waals surface area contributed by atoms with Gasteiger partial charge in [0.05, 0.1) is 0 Å². The molecular formula is C11H20N2O4. The summed E-state index contributed by atoms with van der Waals surface area (Å²) in [5, 5.41) is 2.98. The molecule has 0 saturated carbocycles. The third-order valence-corrected chi connectivity index (χ3v) is 2.55. The quantitative estimate of drug-likeness (QED) is 0.544. The molecule has 1 atom stereocenters. The van der Waals surface area contributed by atoms with Gasteiger partial charge in [0.2, 0.25) is 0 Å². The van der Waals surface area contributed by atoms with Crippen LogP contribution in [0.1, 0.15) is 33.6 Å². The Bertz CT molecular complexity index is 303. The lowest BCUT2D eigenvalue weighted by Gasteiger charge is -2.25. The predicted molar refractivity (Wildman–Crippen MR) is 61.3 cm³/mol. The molecular weight excluding hydrogens is 224 g/mol. The molecule has 0 aromatic heterocycles. The molecule has 0 aromatic rings. The second-order valence-electron chi connectivity index (χ2n) is 5.17. The van der Waals surface area contributed by atoms with Crippen LogP contribution in [0.15, 0.2) is 0 Å². The molecule has 1 heterocycles. The van der Waals surface area contributed by atoms with E-state index in [2.05, 4.69) is 10.1 Å². The third-order valence-electron chi connectivity index (χ3n) is 2.55. The van der Waals surface area contributed by atoms with Gasteiger partial charge in [-0.1, -0.05) is 0 Å². The van der Waals surface area contributed by atoms with E-state index in [9.17, 15) is 9.59 Å². The van der Waals surface area contributed by atoms with Gasteiger partial charge in [-0.3, -0.25) is 0 Å². The molecule has 0 spiro atoms. The lowest BCUT2D eigenvalue weighted by molar-refractivity contribution is -0.148. The van der Waals surface area contributed by atoms with Crippen molar-refractivity contribution in [2.75, 3.05) is 13.1 Å². The predicted octanol–water partition coefficient (Wildman–Crippen LogP) is 0.546. The highest BCUT2D eigenvalue weighted by Crippen LogP contribution is 2.20. The maximum absolute atomic E-state index is 11.8. The van der Waals surface area contributed by atoms with E-state index in [-0.39, 0.29) is 6.54 Å². The average molecular weight is 244 g/mol. The second kappa shape index (κ2) is 5.01. The minimum Gasteiger partial charge on any atom is -0.428 e. The summed E-state index contributed by atoms with van der Waals surface area (Å²) < 4.78 is 9.57. The number of nitrogens with one attached hydrogen (secondary N) is 1. The lowest BCUT2D eigenvalue weighted by atomic mass is 9.98. The monoisotopic (exact) mass is 244 g/mol. The van der Waals surface area contributed by atoms with Gasteiger partial charge in [-0.2, -0.15) is 0 Å². The highest BCUT2D eigenvalue weighted by Gasteiger charge is 2.42. The van der Waals surface area contributed by atoms with Crippen LogP contribution in [0.25, 0.3) is 0 Å². The molecule has 0 aliphatic carbocycles. The Morgan fingerprint density at radius 1 is 1.41 bits per heavy atom. The fourth-order valence-corrected chi connectivity index (χ4v) is 1.68. The number of esters is 1. The maximum Gasteiger partial charge on any atom is 0.516 e. The van der Waals surface area contributed by atoms with E-state index in [1.165, 1.54) is 0 Å². The van der Waals surface area contributed by atoms with Gasteiger partial charge in [-0.25, -0.2) is 9.59 Å². The van der Waals surface area contributed by atoms with Crippen molar-refractivity contribution in [3.63, 3.8) is 0 Å². The van der Waals surface area contributed by atoms with Crippen molar-refractivity contribution in [2.24, 2.45) is 5.73 Å². The van der Waals surface area contributed by atoms with Gasteiger partial charge in [0.25, 0.3) is 0 Å². The zero-order valence-corrected chi connectivity index (χ0v) is 10.5. The molecule has 0 amide bonds. The van der Waals surface area contributed by atoms with Crippen molar-refractivity contribution >= 4 is 12.1 Å². The largest absolute Gasteiger partial charge is 0.516 e. The van der Waals surface area contributed by atoms with E-state index in [1.54, 1.807) is 20.8 Å². The Balaban J connectivity index is 2.56. The Hall–Kier alpha value is -1.14. The van der Waals surface area contributed by atoms with Gasteiger partial charge in [0, 0.05) is 6.54 Å². The average Bonchev–Trinajstić information content (AvgIpc) is 2.63. The molecule has 0 aromatic carbocycles. The van der Waals surface area contributed by atoms with Crippen molar-refractivity contribution in [3.8, 4) is 0 Å². The van der Waals surface area contributed by atoms with Gasteiger partial charge in [0.15, 0.2) is 0 Å². The SMILES string of the molecule is CC(C)(C)OC(=O)OC(=O)[C@]1(CN)CCCN1. The molecule has 98 valence electrons. The minimum atomic E-state index is -0.982. The number of rotatable bonds is 2. The van der Waals surface area contributed by atoms with Gasteiger partial charge in [0.1, 0.15) is 11.1 Å². The zero-order chi connectivity index (χ0) is 13.1. The summed E-state index contributed by atoms with van der Waals surface area (Å²) in [5.74, 6) is -0.660. The molecule has 3 N–H and O–H groups in total. The molecule has 1 aliphatic heterocycles. The van der Waals surface area contributed by atoms with Crippen LogP contribution in [0, 0.1) is 0 Å². The summed E-state index contributed by atoms with van der Waals surface area (Å²) in [7, 11) is 0. The summed E-state index contributed by atoms with van der Waals surface area (Å²) in [4.78, 5) is 23.2. The van der Waals surface area contributed by atoms with Crippen LogP contribution < -0.4 is 11.1 Å². The Labute approximate surface area is 101 Å². The highest BCUT2D eigenvalue weighted by atomic mass is 16.7. The fourth-order valence-electron chi connectivity index (χ4n) is 1.68. The Kier molecular flexibility index (Phi) is 4.11. The first-order valence-electron chi connectivity index (χ1n) is 5.69. The summed E-state index contributed by atoms with van der Waals surface area (Å²) >= 11 is 0. The molecule has 1 saturated heterocycles. The topological polar surface area (TPSA) is 90.7 Å². The van der Waals surface area contributed by atoms with Gasteiger partial charge < -0.3 is 20.5 Å². The van der Waals surface area contributed by atoms with Crippen LogP contribution in [-0.2, 0) is 14.3 Å². The second-order valence-corrected chi connectivity index (χ2v) is 5.17. The Morgan fingerprint density at radius 2 is 2.06 bits per heavy atom. The first kappa shape index (κ1) is 13.9. The molecule has 0 bridgehead atoms. The Morgan fingerprint density at radius 3 is 2.47 bits per heavy atom. The number of nitrogens with two attached hydrogens (primary N) is 1.